The second kappa shape index (κ2) is 22.5. The van der Waals surface area contributed by atoms with Gasteiger partial charge >= 0.3 is 26.2 Å². The first kappa shape index (κ1) is 22.8. The van der Waals surface area contributed by atoms with E-state index in [9.17, 15) is 0 Å². The van der Waals surface area contributed by atoms with Crippen LogP contribution in [0.1, 0.15) is 19.8 Å². The molecule has 0 unspecified atom stereocenters. The molecule has 0 heterocycles. The Morgan fingerprint density at radius 2 is 1.50 bits per heavy atom. The van der Waals surface area contributed by atoms with E-state index in [2.05, 4.69) is 13.8 Å². The summed E-state index contributed by atoms with van der Waals surface area (Å²) in [6, 6.07) is 10.0. The standard InChI is InChI=1S/C5H5.C4H9.2CH3.Zr/c1-2-4-5-3-1;1-3-4-2;;;/h1-5H;1,3-4H2,2H3;2*1H3;/q4*-1;+4. The van der Waals surface area contributed by atoms with Crippen molar-refractivity contribution in [2.45, 2.75) is 19.8 Å². The fraction of sp³-hybridized carbons (Fsp3) is 0.273. The van der Waals surface area contributed by atoms with E-state index in [4.69, 9.17) is 0 Å². The normalized spacial score (nSPS) is 5.83. The van der Waals surface area contributed by atoms with E-state index in [0.29, 0.717) is 0 Å². The summed E-state index contributed by atoms with van der Waals surface area (Å²) in [6.07, 6.45) is 2.28. The molecule has 12 heavy (non-hydrogen) atoms. The van der Waals surface area contributed by atoms with E-state index in [0.717, 1.165) is 6.42 Å². The molecular formula is C11H20Zr. The Labute approximate surface area is 97.9 Å². The molecule has 1 heteroatoms. The Balaban J connectivity index is -0.0000000436. The van der Waals surface area contributed by atoms with Crippen LogP contribution < -0.4 is 0 Å². The van der Waals surface area contributed by atoms with Crippen LogP contribution in [-0.2, 0) is 26.2 Å². The molecular weight excluding hydrogens is 223 g/mol. The molecule has 0 aliphatic carbocycles. The van der Waals surface area contributed by atoms with Gasteiger partial charge in [-0.1, -0.05) is 13.3 Å². The van der Waals surface area contributed by atoms with Gasteiger partial charge in [0.05, 0.1) is 0 Å². The van der Waals surface area contributed by atoms with E-state index in [1.807, 2.05) is 30.3 Å². The molecule has 1 aromatic rings. The molecule has 1 aromatic carbocycles. The smallest absolute Gasteiger partial charge is 0.358 e. The van der Waals surface area contributed by atoms with Gasteiger partial charge in [0.25, 0.3) is 0 Å². The summed E-state index contributed by atoms with van der Waals surface area (Å²) in [4.78, 5) is 0. The first-order valence-corrected chi connectivity index (χ1v) is 3.37. The quantitative estimate of drug-likeness (QED) is 0.656. The van der Waals surface area contributed by atoms with Crippen LogP contribution in [0.5, 0.6) is 0 Å². The maximum absolute atomic E-state index is 3.60. The zero-order valence-corrected chi connectivity index (χ0v) is 11.0. The third kappa shape index (κ3) is 22.5. The Kier molecular flexibility index (Phi) is 42.7. The van der Waals surface area contributed by atoms with Crippen molar-refractivity contribution in [3.63, 3.8) is 0 Å². The molecule has 0 saturated carbocycles. The molecule has 0 nitrogen and oxygen atoms in total. The van der Waals surface area contributed by atoms with Gasteiger partial charge in [0, 0.05) is 0 Å². The zero-order chi connectivity index (χ0) is 6.95. The molecule has 0 aliphatic rings. The van der Waals surface area contributed by atoms with Gasteiger partial charge in [-0.25, -0.2) is 12.1 Å². The average Bonchev–Trinajstić information content (AvgIpc) is 2.43. The first-order valence-electron chi connectivity index (χ1n) is 3.37. The fourth-order valence-electron chi connectivity index (χ4n) is 0.321. The summed E-state index contributed by atoms with van der Waals surface area (Å²) >= 11 is 0. The largest absolute Gasteiger partial charge is 4.00 e. The van der Waals surface area contributed by atoms with Crippen molar-refractivity contribution >= 4 is 0 Å². The third-order valence-corrected chi connectivity index (χ3v) is 0.909. The topological polar surface area (TPSA) is 0 Å². The molecule has 0 aliphatic heterocycles. The Morgan fingerprint density at radius 3 is 1.58 bits per heavy atom. The molecule has 0 saturated heterocycles. The van der Waals surface area contributed by atoms with Crippen LogP contribution in [0, 0.1) is 21.8 Å². The van der Waals surface area contributed by atoms with Crippen molar-refractivity contribution in [1.82, 2.24) is 0 Å². The Hall–Kier alpha value is 0.233. The minimum atomic E-state index is 0. The van der Waals surface area contributed by atoms with Crippen LogP contribution in [-0.4, -0.2) is 0 Å². The molecule has 0 atom stereocenters. The minimum Gasteiger partial charge on any atom is -0.358 e. The summed E-state index contributed by atoms with van der Waals surface area (Å²) in [6.45, 7) is 5.72. The van der Waals surface area contributed by atoms with Crippen molar-refractivity contribution < 1.29 is 26.2 Å². The first-order chi connectivity index (χ1) is 4.41. The fourth-order valence-corrected chi connectivity index (χ4v) is 0.321. The number of unbranched alkanes of at least 4 members (excludes halogenated alkanes) is 1. The molecule has 0 aromatic heterocycles. The SMILES string of the molecule is [CH2-]CCC.[CH3-].[CH3-].[Zr+4].c1cc[cH-]c1. The molecule has 0 spiro atoms. The number of hydrogen-bond acceptors (Lipinski definition) is 0. The van der Waals surface area contributed by atoms with E-state index >= 15 is 0 Å². The maximum atomic E-state index is 3.60. The second-order valence-electron chi connectivity index (χ2n) is 1.82. The van der Waals surface area contributed by atoms with Gasteiger partial charge in [0.1, 0.15) is 0 Å². The van der Waals surface area contributed by atoms with Crippen LogP contribution in [0.3, 0.4) is 0 Å². The van der Waals surface area contributed by atoms with Gasteiger partial charge < -0.3 is 21.8 Å². The monoisotopic (exact) mass is 242 g/mol. The molecule has 0 N–H and O–H groups in total. The second-order valence-corrected chi connectivity index (χ2v) is 1.82. The third-order valence-electron chi connectivity index (χ3n) is 0.909. The van der Waals surface area contributed by atoms with Crippen LogP contribution in [0.4, 0.5) is 0 Å². The van der Waals surface area contributed by atoms with Crippen molar-refractivity contribution in [1.29, 1.82) is 0 Å². The number of rotatable bonds is 1. The minimum absolute atomic E-state index is 0. The predicted molar refractivity (Wildman–Crippen MR) is 55.1 cm³/mol. The summed E-state index contributed by atoms with van der Waals surface area (Å²) in [5.41, 5.74) is 0. The van der Waals surface area contributed by atoms with Gasteiger partial charge in [-0.3, -0.25) is 0 Å². The van der Waals surface area contributed by atoms with E-state index in [-0.39, 0.29) is 41.1 Å². The summed E-state index contributed by atoms with van der Waals surface area (Å²) in [5.74, 6) is 0. The summed E-state index contributed by atoms with van der Waals surface area (Å²) < 4.78 is 0. The van der Waals surface area contributed by atoms with Gasteiger partial charge in [-0.05, 0) is 0 Å². The molecule has 0 radical (unpaired) electrons. The number of hydrogen-bond donors (Lipinski definition) is 0. The van der Waals surface area contributed by atoms with Crippen LogP contribution in [0.2, 0.25) is 0 Å². The molecule has 68 valence electrons. The van der Waals surface area contributed by atoms with Crippen LogP contribution in [0.15, 0.2) is 30.3 Å². The summed E-state index contributed by atoms with van der Waals surface area (Å²) in [7, 11) is 0. The molecule has 0 bridgehead atoms. The van der Waals surface area contributed by atoms with Crippen molar-refractivity contribution in [3.8, 4) is 0 Å². The van der Waals surface area contributed by atoms with Crippen molar-refractivity contribution in [3.05, 3.63) is 52.1 Å². The van der Waals surface area contributed by atoms with E-state index < -0.39 is 0 Å². The van der Waals surface area contributed by atoms with Crippen molar-refractivity contribution in [2.75, 3.05) is 0 Å². The molecule has 0 fully saturated rings. The van der Waals surface area contributed by atoms with Gasteiger partial charge in [-0.2, -0.15) is 24.6 Å². The molecule has 1 rings (SSSR count). The van der Waals surface area contributed by atoms with E-state index in [1.54, 1.807) is 0 Å². The molecule has 0 amide bonds. The van der Waals surface area contributed by atoms with Gasteiger partial charge in [0.15, 0.2) is 0 Å². The van der Waals surface area contributed by atoms with Gasteiger partial charge in [-0.15, -0.1) is 0 Å². The maximum Gasteiger partial charge on any atom is 4.00 e. The van der Waals surface area contributed by atoms with E-state index in [1.165, 1.54) is 6.42 Å². The van der Waals surface area contributed by atoms with Gasteiger partial charge in [0.2, 0.25) is 0 Å². The zero-order valence-electron chi connectivity index (χ0n) is 8.51. The average molecular weight is 244 g/mol. The van der Waals surface area contributed by atoms with Crippen LogP contribution in [0.25, 0.3) is 0 Å². The predicted octanol–water partition coefficient (Wildman–Crippen LogP) is 3.92. The Bertz CT molecular complexity index is 80.5. The summed E-state index contributed by atoms with van der Waals surface area (Å²) in [5, 5.41) is 0. The van der Waals surface area contributed by atoms with Crippen molar-refractivity contribution in [2.24, 2.45) is 0 Å². The Morgan fingerprint density at radius 1 is 1.17 bits per heavy atom. The van der Waals surface area contributed by atoms with Crippen LogP contribution >= 0.6 is 0 Å².